The molecule has 4 nitrogen and oxygen atoms in total. The number of hydrogen-bond donors (Lipinski definition) is 3. The van der Waals surface area contributed by atoms with E-state index in [4.69, 9.17) is 5.21 Å². The lowest BCUT2D eigenvalue weighted by Gasteiger charge is -2.14. The fourth-order valence-corrected chi connectivity index (χ4v) is 4.53. The van der Waals surface area contributed by atoms with Crippen LogP contribution in [0.1, 0.15) is 34.7 Å². The average molecular weight is 364 g/mol. The Bertz CT molecular complexity index is 977. The molecule has 1 atom stereocenters. The van der Waals surface area contributed by atoms with Crippen LogP contribution >= 0.6 is 11.3 Å². The average Bonchev–Trinajstić information content (AvgIpc) is 3.28. The Hall–Kier alpha value is -2.47. The largest absolute Gasteiger partial charge is 0.306 e. The van der Waals surface area contributed by atoms with E-state index < -0.39 is 5.91 Å². The van der Waals surface area contributed by atoms with E-state index in [0.717, 1.165) is 24.9 Å². The van der Waals surface area contributed by atoms with E-state index >= 15 is 0 Å². The molecule has 1 aromatic heterocycles. The van der Waals surface area contributed by atoms with Crippen molar-refractivity contribution in [1.82, 2.24) is 10.8 Å². The molecule has 5 heteroatoms. The molecular weight excluding hydrogens is 344 g/mol. The molecule has 3 N–H and O–H groups in total. The number of nitrogens with one attached hydrogen (secondary N) is 2. The highest BCUT2D eigenvalue weighted by Crippen LogP contribution is 2.33. The highest BCUT2D eigenvalue weighted by Gasteiger charge is 2.22. The summed E-state index contributed by atoms with van der Waals surface area (Å²) in [5.74, 6) is -0.520. The molecule has 0 spiro atoms. The second kappa shape index (κ2) is 7.41. The van der Waals surface area contributed by atoms with Crippen molar-refractivity contribution in [3.63, 3.8) is 0 Å². The Balaban J connectivity index is 1.46. The quantitative estimate of drug-likeness (QED) is 0.361. The fourth-order valence-electron chi connectivity index (χ4n) is 3.57. The van der Waals surface area contributed by atoms with Gasteiger partial charge in [-0.2, -0.15) is 0 Å². The molecule has 1 aliphatic carbocycles. The maximum atomic E-state index is 11.1. The van der Waals surface area contributed by atoms with Crippen molar-refractivity contribution in [2.45, 2.75) is 25.4 Å². The van der Waals surface area contributed by atoms with Gasteiger partial charge in [-0.05, 0) is 58.0 Å². The van der Waals surface area contributed by atoms with E-state index in [0.29, 0.717) is 6.04 Å². The molecule has 0 fully saturated rings. The summed E-state index contributed by atoms with van der Waals surface area (Å²) in [6.07, 6.45) is 5.16. The molecule has 0 saturated heterocycles. The Kier molecular flexibility index (Phi) is 4.84. The van der Waals surface area contributed by atoms with Crippen LogP contribution in [0, 0.1) is 0 Å². The molecule has 3 aromatic rings. The van der Waals surface area contributed by atoms with Gasteiger partial charge in [-0.1, -0.05) is 36.4 Å². The summed E-state index contributed by atoms with van der Waals surface area (Å²) in [4.78, 5) is 11.1. The first-order valence-corrected chi connectivity index (χ1v) is 9.56. The molecule has 2 aromatic carbocycles. The van der Waals surface area contributed by atoms with Crippen molar-refractivity contribution in [3.8, 4) is 0 Å². The van der Waals surface area contributed by atoms with Crippen molar-refractivity contribution in [3.05, 3.63) is 76.2 Å². The van der Waals surface area contributed by atoms with Crippen LogP contribution in [0.3, 0.4) is 0 Å². The molecule has 4 rings (SSSR count). The summed E-state index contributed by atoms with van der Waals surface area (Å²) in [6.45, 7) is 0.868. The van der Waals surface area contributed by atoms with E-state index in [-0.39, 0.29) is 0 Å². The number of amides is 1. The van der Waals surface area contributed by atoms with E-state index in [1.807, 2.05) is 6.07 Å². The second-order valence-corrected chi connectivity index (χ2v) is 7.41. The van der Waals surface area contributed by atoms with Crippen LogP contribution in [-0.4, -0.2) is 11.1 Å². The Morgan fingerprint density at radius 2 is 2.15 bits per heavy atom. The van der Waals surface area contributed by atoms with Gasteiger partial charge in [0.2, 0.25) is 0 Å². The lowest BCUT2D eigenvalue weighted by molar-refractivity contribution is -0.124. The maximum absolute atomic E-state index is 11.1. The predicted octanol–water partition coefficient (Wildman–Crippen LogP) is 4.20. The van der Waals surface area contributed by atoms with Crippen molar-refractivity contribution in [2.24, 2.45) is 0 Å². The van der Waals surface area contributed by atoms with Crippen LogP contribution in [0.25, 0.3) is 16.2 Å². The van der Waals surface area contributed by atoms with E-state index in [1.54, 1.807) is 22.9 Å². The molecule has 1 amide bonds. The van der Waals surface area contributed by atoms with E-state index in [1.165, 1.54) is 32.9 Å². The highest BCUT2D eigenvalue weighted by molar-refractivity contribution is 7.17. The first kappa shape index (κ1) is 17.0. The van der Waals surface area contributed by atoms with Crippen molar-refractivity contribution in [1.29, 1.82) is 0 Å². The number of hydrogen-bond acceptors (Lipinski definition) is 4. The van der Waals surface area contributed by atoms with Crippen LogP contribution in [0.15, 0.2) is 53.9 Å². The number of carbonyl (C=O) groups is 1. The topological polar surface area (TPSA) is 61.4 Å². The van der Waals surface area contributed by atoms with Crippen LogP contribution in [0.4, 0.5) is 0 Å². The number of benzene rings is 2. The summed E-state index contributed by atoms with van der Waals surface area (Å²) in [7, 11) is 0. The highest BCUT2D eigenvalue weighted by atomic mass is 32.1. The predicted molar refractivity (Wildman–Crippen MR) is 105 cm³/mol. The zero-order chi connectivity index (χ0) is 17.9. The number of hydroxylamine groups is 1. The van der Waals surface area contributed by atoms with Crippen LogP contribution in [-0.2, 0) is 17.8 Å². The molecule has 0 bridgehead atoms. The molecule has 132 valence electrons. The summed E-state index contributed by atoms with van der Waals surface area (Å²) >= 11 is 1.80. The van der Waals surface area contributed by atoms with Gasteiger partial charge in [0, 0.05) is 23.4 Å². The lowest BCUT2D eigenvalue weighted by Crippen LogP contribution is -2.18. The molecule has 1 heterocycles. The standard InChI is InChI=1S/C21H20N2O2S/c24-21(23-25)10-6-14-5-8-17-15(11-14)7-9-19(17)22-12-16-13-26-20-4-2-1-3-18(16)20/h1-6,8,10-11,13,19,22,25H,7,9,12H2,(H,23,24)/b10-6+. The van der Waals surface area contributed by atoms with Crippen molar-refractivity contribution < 1.29 is 10.0 Å². The van der Waals surface area contributed by atoms with Crippen molar-refractivity contribution >= 4 is 33.4 Å². The van der Waals surface area contributed by atoms with Gasteiger partial charge in [-0.15, -0.1) is 11.3 Å². The number of thiophene rings is 1. The van der Waals surface area contributed by atoms with Gasteiger partial charge >= 0.3 is 0 Å². The Labute approximate surface area is 156 Å². The van der Waals surface area contributed by atoms with Gasteiger partial charge in [0.15, 0.2) is 0 Å². The second-order valence-electron chi connectivity index (χ2n) is 6.50. The summed E-state index contributed by atoms with van der Waals surface area (Å²) in [5.41, 5.74) is 6.59. The minimum Gasteiger partial charge on any atom is -0.306 e. The number of carbonyl (C=O) groups excluding carboxylic acids is 1. The third-order valence-corrected chi connectivity index (χ3v) is 5.89. The van der Waals surface area contributed by atoms with Gasteiger partial charge < -0.3 is 5.32 Å². The zero-order valence-corrected chi connectivity index (χ0v) is 15.1. The summed E-state index contributed by atoms with van der Waals surface area (Å²) in [5, 5.41) is 15.8. The number of fused-ring (bicyclic) bond motifs is 2. The maximum Gasteiger partial charge on any atom is 0.267 e. The molecule has 0 aliphatic heterocycles. The number of aryl methyl sites for hydroxylation is 1. The third kappa shape index (κ3) is 3.42. The molecule has 1 aliphatic rings. The lowest BCUT2D eigenvalue weighted by atomic mass is 10.0. The number of rotatable bonds is 5. The van der Waals surface area contributed by atoms with Crippen LogP contribution in [0.2, 0.25) is 0 Å². The minimum atomic E-state index is -0.520. The summed E-state index contributed by atoms with van der Waals surface area (Å²) in [6, 6.07) is 15.2. The Morgan fingerprint density at radius 1 is 1.27 bits per heavy atom. The van der Waals surface area contributed by atoms with Gasteiger partial charge in [-0.3, -0.25) is 10.0 Å². The smallest absolute Gasteiger partial charge is 0.267 e. The van der Waals surface area contributed by atoms with Crippen LogP contribution < -0.4 is 10.8 Å². The fraction of sp³-hybridized carbons (Fsp3) is 0.190. The molecule has 0 radical (unpaired) electrons. The van der Waals surface area contributed by atoms with E-state index in [2.05, 4.69) is 47.1 Å². The minimum absolute atomic E-state index is 0.363. The first-order valence-electron chi connectivity index (χ1n) is 8.68. The van der Waals surface area contributed by atoms with E-state index in [9.17, 15) is 4.79 Å². The van der Waals surface area contributed by atoms with Crippen molar-refractivity contribution in [2.75, 3.05) is 0 Å². The Morgan fingerprint density at radius 3 is 3.04 bits per heavy atom. The van der Waals surface area contributed by atoms with Gasteiger partial charge in [0.25, 0.3) is 5.91 Å². The van der Waals surface area contributed by atoms with Gasteiger partial charge in [-0.25, -0.2) is 5.48 Å². The molecular formula is C21H20N2O2S. The third-order valence-electron chi connectivity index (χ3n) is 4.88. The summed E-state index contributed by atoms with van der Waals surface area (Å²) < 4.78 is 1.33. The first-order chi connectivity index (χ1) is 12.7. The van der Waals surface area contributed by atoms with Gasteiger partial charge in [0.1, 0.15) is 0 Å². The zero-order valence-electron chi connectivity index (χ0n) is 14.2. The monoisotopic (exact) mass is 364 g/mol. The van der Waals surface area contributed by atoms with Gasteiger partial charge in [0.05, 0.1) is 0 Å². The molecule has 26 heavy (non-hydrogen) atoms. The van der Waals surface area contributed by atoms with Crippen LogP contribution in [0.5, 0.6) is 0 Å². The molecule has 0 saturated carbocycles. The normalized spacial score (nSPS) is 16.3. The SMILES string of the molecule is O=C(/C=C/c1ccc2c(c1)CCC2NCc1csc2ccccc12)NO. The molecule has 1 unspecified atom stereocenters.